The van der Waals surface area contributed by atoms with Crippen LogP contribution in [0.5, 0.6) is 0 Å². The van der Waals surface area contributed by atoms with E-state index >= 15 is 0 Å². The lowest BCUT2D eigenvalue weighted by Gasteiger charge is -2.30. The summed E-state index contributed by atoms with van der Waals surface area (Å²) in [6.45, 7) is 4.05. The molecule has 1 aromatic rings. The van der Waals surface area contributed by atoms with E-state index in [9.17, 15) is 8.42 Å². The number of piperidine rings is 1. The van der Waals surface area contributed by atoms with Crippen molar-refractivity contribution in [3.8, 4) is 0 Å². The molecule has 1 aliphatic rings. The van der Waals surface area contributed by atoms with Crippen molar-refractivity contribution in [2.24, 2.45) is 11.7 Å². The molecule has 0 bridgehead atoms. The molecule has 1 fully saturated rings. The van der Waals surface area contributed by atoms with Crippen LogP contribution in [-0.2, 0) is 16.4 Å². The Balaban J connectivity index is 2.09. The minimum absolute atomic E-state index is 0.464. The molecule has 0 saturated carbocycles. The Hall–Kier alpha value is -0.430. The van der Waals surface area contributed by atoms with E-state index < -0.39 is 10.0 Å². The van der Waals surface area contributed by atoms with Crippen LogP contribution in [0.1, 0.15) is 31.1 Å². The summed E-state index contributed by atoms with van der Waals surface area (Å²) < 4.78 is 27.1. The standard InChI is InChI=1S/C13H22N2O2S2/c1-2-11-6-9-15(10-7-11)19(16,17)13-4-3-12(18-13)5-8-14/h3-4,11H,2,5-10,14H2,1H3. The normalized spacial score (nSPS) is 18.8. The molecule has 2 rings (SSSR count). The predicted molar refractivity (Wildman–Crippen MR) is 78.9 cm³/mol. The van der Waals surface area contributed by atoms with Gasteiger partial charge in [0, 0.05) is 18.0 Å². The number of sulfonamides is 1. The van der Waals surface area contributed by atoms with E-state index in [2.05, 4.69) is 6.92 Å². The summed E-state index contributed by atoms with van der Waals surface area (Å²) in [4.78, 5) is 1.05. The Morgan fingerprint density at radius 2 is 2.05 bits per heavy atom. The van der Waals surface area contributed by atoms with Crippen molar-refractivity contribution in [3.05, 3.63) is 17.0 Å². The second-order valence-corrected chi connectivity index (χ2v) is 8.35. The van der Waals surface area contributed by atoms with E-state index in [4.69, 9.17) is 5.73 Å². The minimum atomic E-state index is -3.28. The molecule has 2 heterocycles. The highest BCUT2D eigenvalue weighted by atomic mass is 32.2. The van der Waals surface area contributed by atoms with Crippen molar-refractivity contribution in [2.45, 2.75) is 36.8 Å². The molecule has 0 aliphatic carbocycles. The van der Waals surface area contributed by atoms with Gasteiger partial charge in [-0.2, -0.15) is 4.31 Å². The van der Waals surface area contributed by atoms with Gasteiger partial charge in [-0.25, -0.2) is 8.42 Å². The Morgan fingerprint density at radius 1 is 1.37 bits per heavy atom. The van der Waals surface area contributed by atoms with Crippen molar-refractivity contribution < 1.29 is 8.42 Å². The van der Waals surface area contributed by atoms with Crippen LogP contribution >= 0.6 is 11.3 Å². The zero-order valence-electron chi connectivity index (χ0n) is 11.3. The molecule has 108 valence electrons. The van der Waals surface area contributed by atoms with Crippen molar-refractivity contribution in [2.75, 3.05) is 19.6 Å². The molecule has 1 aliphatic heterocycles. The lowest BCUT2D eigenvalue weighted by molar-refractivity contribution is 0.269. The number of hydrogen-bond acceptors (Lipinski definition) is 4. The average Bonchev–Trinajstić information content (AvgIpc) is 2.89. The van der Waals surface area contributed by atoms with Crippen LogP contribution in [0, 0.1) is 5.92 Å². The summed E-state index contributed by atoms with van der Waals surface area (Å²) in [5.74, 6) is 0.683. The Labute approximate surface area is 119 Å². The van der Waals surface area contributed by atoms with Crippen LogP contribution < -0.4 is 5.73 Å². The maximum absolute atomic E-state index is 12.5. The summed E-state index contributed by atoms with van der Waals surface area (Å²) in [5.41, 5.74) is 5.50. The first kappa shape index (κ1) is 15.0. The van der Waals surface area contributed by atoms with Gasteiger partial charge in [-0.05, 0) is 43.9 Å². The van der Waals surface area contributed by atoms with E-state index in [1.807, 2.05) is 6.07 Å². The first-order valence-corrected chi connectivity index (χ1v) is 9.12. The lowest BCUT2D eigenvalue weighted by atomic mass is 9.96. The highest BCUT2D eigenvalue weighted by Crippen LogP contribution is 2.29. The highest BCUT2D eigenvalue weighted by molar-refractivity contribution is 7.91. The third kappa shape index (κ3) is 3.37. The third-order valence-corrected chi connectivity index (χ3v) is 7.28. The fourth-order valence-electron chi connectivity index (χ4n) is 2.46. The minimum Gasteiger partial charge on any atom is -0.330 e. The van der Waals surface area contributed by atoms with Gasteiger partial charge < -0.3 is 5.73 Å². The molecule has 0 spiro atoms. The van der Waals surface area contributed by atoms with Gasteiger partial charge in [0.25, 0.3) is 10.0 Å². The average molecular weight is 302 g/mol. The van der Waals surface area contributed by atoms with Crippen LogP contribution in [-0.4, -0.2) is 32.4 Å². The Kier molecular flexibility index (Phi) is 5.00. The molecule has 0 unspecified atom stereocenters. The van der Waals surface area contributed by atoms with Crippen molar-refractivity contribution in [3.63, 3.8) is 0 Å². The van der Waals surface area contributed by atoms with Gasteiger partial charge in [0.05, 0.1) is 0 Å². The summed E-state index contributed by atoms with van der Waals surface area (Å²) in [7, 11) is -3.28. The predicted octanol–water partition coefficient (Wildman–Crippen LogP) is 2.06. The highest BCUT2D eigenvalue weighted by Gasteiger charge is 2.29. The van der Waals surface area contributed by atoms with Gasteiger partial charge >= 0.3 is 0 Å². The van der Waals surface area contributed by atoms with Gasteiger partial charge in [-0.15, -0.1) is 11.3 Å². The van der Waals surface area contributed by atoms with Crippen molar-refractivity contribution in [1.29, 1.82) is 0 Å². The zero-order valence-corrected chi connectivity index (χ0v) is 13.0. The molecule has 1 aromatic heterocycles. The third-order valence-electron chi connectivity index (χ3n) is 3.77. The molecule has 6 heteroatoms. The van der Waals surface area contributed by atoms with E-state index in [0.29, 0.717) is 29.8 Å². The first-order valence-electron chi connectivity index (χ1n) is 6.87. The van der Waals surface area contributed by atoms with Crippen molar-refractivity contribution >= 4 is 21.4 Å². The van der Waals surface area contributed by atoms with Gasteiger partial charge in [0.1, 0.15) is 4.21 Å². The molecule has 0 atom stereocenters. The largest absolute Gasteiger partial charge is 0.330 e. The van der Waals surface area contributed by atoms with Crippen LogP contribution in [0.2, 0.25) is 0 Å². The van der Waals surface area contributed by atoms with Crippen molar-refractivity contribution in [1.82, 2.24) is 4.31 Å². The summed E-state index contributed by atoms with van der Waals surface area (Å²) in [6.07, 6.45) is 3.86. The molecule has 19 heavy (non-hydrogen) atoms. The molecule has 4 nitrogen and oxygen atoms in total. The Morgan fingerprint density at radius 3 is 2.63 bits per heavy atom. The number of rotatable bonds is 5. The number of nitrogens with two attached hydrogens (primary N) is 1. The second kappa shape index (κ2) is 6.35. The zero-order chi connectivity index (χ0) is 13.9. The fourth-order valence-corrected chi connectivity index (χ4v) is 5.45. The summed E-state index contributed by atoms with van der Waals surface area (Å²) >= 11 is 1.35. The van der Waals surface area contributed by atoms with E-state index in [-0.39, 0.29) is 0 Å². The molecular weight excluding hydrogens is 280 g/mol. The molecule has 0 aromatic carbocycles. The SMILES string of the molecule is CCC1CCN(S(=O)(=O)c2ccc(CCN)s2)CC1. The summed E-state index contributed by atoms with van der Waals surface area (Å²) in [6, 6.07) is 3.60. The molecule has 1 saturated heterocycles. The van der Waals surface area contributed by atoms with Crippen LogP contribution in [0.25, 0.3) is 0 Å². The van der Waals surface area contributed by atoms with Crippen LogP contribution in [0.3, 0.4) is 0 Å². The molecule has 0 amide bonds. The van der Waals surface area contributed by atoms with Gasteiger partial charge in [0.2, 0.25) is 0 Å². The van der Waals surface area contributed by atoms with E-state index in [0.717, 1.165) is 30.6 Å². The summed E-state index contributed by atoms with van der Waals surface area (Å²) in [5, 5.41) is 0. The maximum atomic E-state index is 12.5. The first-order chi connectivity index (χ1) is 9.07. The lowest BCUT2D eigenvalue weighted by Crippen LogP contribution is -2.37. The molecule has 2 N–H and O–H groups in total. The van der Waals surface area contributed by atoms with Crippen LogP contribution in [0.4, 0.5) is 0 Å². The van der Waals surface area contributed by atoms with Crippen LogP contribution in [0.15, 0.2) is 16.3 Å². The molecule has 0 radical (unpaired) electrons. The van der Waals surface area contributed by atoms with E-state index in [1.165, 1.54) is 11.3 Å². The number of hydrogen-bond donors (Lipinski definition) is 1. The monoisotopic (exact) mass is 302 g/mol. The van der Waals surface area contributed by atoms with E-state index in [1.54, 1.807) is 10.4 Å². The second-order valence-electron chi connectivity index (χ2n) is 5.02. The molecular formula is C13H22N2O2S2. The van der Waals surface area contributed by atoms with Gasteiger partial charge in [-0.1, -0.05) is 13.3 Å². The maximum Gasteiger partial charge on any atom is 0.252 e. The smallest absolute Gasteiger partial charge is 0.252 e. The number of nitrogens with zero attached hydrogens (tertiary/aromatic N) is 1. The van der Waals surface area contributed by atoms with Gasteiger partial charge in [-0.3, -0.25) is 0 Å². The number of thiophene rings is 1. The topological polar surface area (TPSA) is 63.4 Å². The van der Waals surface area contributed by atoms with Gasteiger partial charge in [0.15, 0.2) is 0 Å². The quantitative estimate of drug-likeness (QED) is 0.905. The fraction of sp³-hybridized carbons (Fsp3) is 0.692. The Bertz CT molecular complexity index is 502.